The van der Waals surface area contributed by atoms with Gasteiger partial charge in [-0.25, -0.2) is 0 Å². The molecular weight excluding hydrogens is 272 g/mol. The van der Waals surface area contributed by atoms with E-state index in [0.29, 0.717) is 11.5 Å². The molecule has 0 fully saturated rings. The highest BCUT2D eigenvalue weighted by Gasteiger charge is 2.12. The Bertz CT molecular complexity index is 567. The van der Waals surface area contributed by atoms with Crippen LogP contribution >= 0.6 is 0 Å². The second-order valence-corrected chi connectivity index (χ2v) is 4.89. The molecule has 2 rings (SSSR count). The standard InChI is InChI=1S/C15H18N2O4/c1-10(2)17-15(19)8-16-14(18)6-4-11-3-5-12-13(7-11)21-9-20-12/h3-7,10H,8-9H2,1-2H3,(H,16,18)(H,17,19)/b6-4+. The predicted molar refractivity (Wildman–Crippen MR) is 77.9 cm³/mol. The van der Waals surface area contributed by atoms with Gasteiger partial charge in [-0.1, -0.05) is 6.07 Å². The van der Waals surface area contributed by atoms with E-state index in [1.54, 1.807) is 18.2 Å². The summed E-state index contributed by atoms with van der Waals surface area (Å²) in [7, 11) is 0. The van der Waals surface area contributed by atoms with Gasteiger partial charge in [0, 0.05) is 12.1 Å². The summed E-state index contributed by atoms with van der Waals surface area (Å²) in [4.78, 5) is 23.0. The SMILES string of the molecule is CC(C)NC(=O)CNC(=O)/C=C/c1ccc2c(c1)OCO2. The molecule has 2 amide bonds. The van der Waals surface area contributed by atoms with E-state index in [9.17, 15) is 9.59 Å². The van der Waals surface area contributed by atoms with Gasteiger partial charge in [0.1, 0.15) is 0 Å². The number of rotatable bonds is 5. The van der Waals surface area contributed by atoms with Crippen molar-refractivity contribution in [3.63, 3.8) is 0 Å². The molecule has 0 unspecified atom stereocenters. The lowest BCUT2D eigenvalue weighted by molar-refractivity contribution is -0.124. The number of benzene rings is 1. The highest BCUT2D eigenvalue weighted by molar-refractivity contribution is 5.94. The Hall–Kier alpha value is -2.50. The summed E-state index contributed by atoms with van der Waals surface area (Å²) in [6, 6.07) is 5.45. The maximum atomic E-state index is 11.6. The molecule has 6 nitrogen and oxygen atoms in total. The summed E-state index contributed by atoms with van der Waals surface area (Å²) in [5, 5.41) is 5.21. The fourth-order valence-corrected chi connectivity index (χ4v) is 1.79. The van der Waals surface area contributed by atoms with Crippen LogP contribution in [0, 0.1) is 0 Å². The molecule has 1 aliphatic rings. The molecule has 0 saturated heterocycles. The third-order valence-electron chi connectivity index (χ3n) is 2.70. The molecule has 0 spiro atoms. The minimum Gasteiger partial charge on any atom is -0.454 e. The van der Waals surface area contributed by atoms with Crippen LogP contribution in [0.2, 0.25) is 0 Å². The fourth-order valence-electron chi connectivity index (χ4n) is 1.79. The lowest BCUT2D eigenvalue weighted by Gasteiger charge is -2.08. The number of hydrogen-bond acceptors (Lipinski definition) is 4. The molecule has 0 saturated carbocycles. The van der Waals surface area contributed by atoms with Crippen molar-refractivity contribution in [2.24, 2.45) is 0 Å². The van der Waals surface area contributed by atoms with E-state index in [1.165, 1.54) is 6.08 Å². The normalized spacial score (nSPS) is 12.7. The zero-order valence-electron chi connectivity index (χ0n) is 12.0. The highest BCUT2D eigenvalue weighted by atomic mass is 16.7. The van der Waals surface area contributed by atoms with E-state index in [-0.39, 0.29) is 31.2 Å². The van der Waals surface area contributed by atoms with E-state index in [4.69, 9.17) is 9.47 Å². The van der Waals surface area contributed by atoms with Crippen molar-refractivity contribution < 1.29 is 19.1 Å². The monoisotopic (exact) mass is 290 g/mol. The predicted octanol–water partition coefficient (Wildman–Crippen LogP) is 1.07. The lowest BCUT2D eigenvalue weighted by atomic mass is 10.2. The molecule has 0 aliphatic carbocycles. The van der Waals surface area contributed by atoms with E-state index >= 15 is 0 Å². The largest absolute Gasteiger partial charge is 0.454 e. The molecule has 21 heavy (non-hydrogen) atoms. The number of fused-ring (bicyclic) bond motifs is 1. The highest BCUT2D eigenvalue weighted by Crippen LogP contribution is 2.32. The summed E-state index contributed by atoms with van der Waals surface area (Å²) >= 11 is 0. The van der Waals surface area contributed by atoms with Crippen molar-refractivity contribution in [2.45, 2.75) is 19.9 Å². The second-order valence-electron chi connectivity index (χ2n) is 4.89. The first-order chi connectivity index (χ1) is 10.0. The molecule has 0 atom stereocenters. The Morgan fingerprint density at radius 1 is 1.29 bits per heavy atom. The van der Waals surface area contributed by atoms with Crippen molar-refractivity contribution in [1.82, 2.24) is 10.6 Å². The molecule has 1 aromatic carbocycles. The number of hydrogen-bond donors (Lipinski definition) is 2. The Morgan fingerprint density at radius 2 is 2.05 bits per heavy atom. The van der Waals surface area contributed by atoms with Crippen LogP contribution in [0.15, 0.2) is 24.3 Å². The maximum Gasteiger partial charge on any atom is 0.244 e. The van der Waals surface area contributed by atoms with Crippen LogP contribution in [0.1, 0.15) is 19.4 Å². The van der Waals surface area contributed by atoms with Crippen LogP contribution in [0.5, 0.6) is 11.5 Å². The lowest BCUT2D eigenvalue weighted by Crippen LogP contribution is -2.39. The van der Waals surface area contributed by atoms with Gasteiger partial charge in [-0.2, -0.15) is 0 Å². The minimum absolute atomic E-state index is 0.0392. The third kappa shape index (κ3) is 4.52. The maximum absolute atomic E-state index is 11.6. The van der Waals surface area contributed by atoms with E-state index in [2.05, 4.69) is 10.6 Å². The molecule has 0 bridgehead atoms. The first-order valence-corrected chi connectivity index (χ1v) is 6.69. The van der Waals surface area contributed by atoms with Gasteiger partial charge in [0.2, 0.25) is 18.6 Å². The molecule has 112 valence electrons. The Kier molecular flexibility index (Phi) is 4.81. The van der Waals surface area contributed by atoms with Crippen LogP contribution in [0.25, 0.3) is 6.08 Å². The van der Waals surface area contributed by atoms with Gasteiger partial charge in [0.15, 0.2) is 11.5 Å². The number of ether oxygens (including phenoxy) is 2. The van der Waals surface area contributed by atoms with Gasteiger partial charge in [-0.3, -0.25) is 9.59 Å². The van der Waals surface area contributed by atoms with Gasteiger partial charge >= 0.3 is 0 Å². The average molecular weight is 290 g/mol. The van der Waals surface area contributed by atoms with Crippen molar-refractivity contribution in [1.29, 1.82) is 0 Å². The van der Waals surface area contributed by atoms with E-state index in [1.807, 2.05) is 19.9 Å². The third-order valence-corrected chi connectivity index (χ3v) is 2.70. The van der Waals surface area contributed by atoms with Crippen LogP contribution in [-0.4, -0.2) is 31.2 Å². The molecule has 1 heterocycles. The molecule has 0 radical (unpaired) electrons. The first-order valence-electron chi connectivity index (χ1n) is 6.69. The summed E-state index contributed by atoms with van der Waals surface area (Å²) in [5.74, 6) is 0.817. The van der Waals surface area contributed by atoms with Crippen molar-refractivity contribution in [2.75, 3.05) is 13.3 Å². The van der Waals surface area contributed by atoms with E-state index in [0.717, 1.165) is 5.56 Å². The summed E-state index contributed by atoms with van der Waals surface area (Å²) < 4.78 is 10.5. The number of carbonyl (C=O) groups excluding carboxylic acids is 2. The molecular formula is C15H18N2O4. The van der Waals surface area contributed by atoms with Gasteiger partial charge < -0.3 is 20.1 Å². The molecule has 1 aliphatic heterocycles. The van der Waals surface area contributed by atoms with Gasteiger partial charge in [-0.05, 0) is 37.6 Å². The average Bonchev–Trinajstić information content (AvgIpc) is 2.89. The summed E-state index contributed by atoms with van der Waals surface area (Å²) in [6.07, 6.45) is 3.03. The quantitative estimate of drug-likeness (QED) is 0.795. The zero-order chi connectivity index (χ0) is 15.2. The smallest absolute Gasteiger partial charge is 0.244 e. The van der Waals surface area contributed by atoms with Gasteiger partial charge in [-0.15, -0.1) is 0 Å². The molecule has 0 aromatic heterocycles. The molecule has 2 N–H and O–H groups in total. The van der Waals surface area contributed by atoms with Crippen molar-refractivity contribution in [3.8, 4) is 11.5 Å². The van der Waals surface area contributed by atoms with Crippen molar-refractivity contribution in [3.05, 3.63) is 29.8 Å². The fraction of sp³-hybridized carbons (Fsp3) is 0.333. The Labute approximate surface area is 123 Å². The van der Waals surface area contributed by atoms with E-state index < -0.39 is 0 Å². The van der Waals surface area contributed by atoms with Crippen LogP contribution < -0.4 is 20.1 Å². The summed E-state index contributed by atoms with van der Waals surface area (Å²) in [6.45, 7) is 3.90. The van der Waals surface area contributed by atoms with Gasteiger partial charge in [0.25, 0.3) is 0 Å². The Balaban J connectivity index is 1.83. The van der Waals surface area contributed by atoms with Crippen LogP contribution in [-0.2, 0) is 9.59 Å². The van der Waals surface area contributed by atoms with Crippen LogP contribution in [0.4, 0.5) is 0 Å². The Morgan fingerprint density at radius 3 is 2.81 bits per heavy atom. The number of carbonyl (C=O) groups is 2. The van der Waals surface area contributed by atoms with Crippen molar-refractivity contribution >= 4 is 17.9 Å². The molecule has 1 aromatic rings. The first kappa shape index (κ1) is 14.9. The zero-order valence-corrected chi connectivity index (χ0v) is 12.0. The summed E-state index contributed by atoms with van der Waals surface area (Å²) in [5.41, 5.74) is 0.820. The number of amides is 2. The topological polar surface area (TPSA) is 76.7 Å². The second kappa shape index (κ2) is 6.78. The van der Waals surface area contributed by atoms with Crippen LogP contribution in [0.3, 0.4) is 0 Å². The minimum atomic E-state index is -0.327. The van der Waals surface area contributed by atoms with Gasteiger partial charge in [0.05, 0.1) is 6.54 Å². The number of nitrogens with one attached hydrogen (secondary N) is 2. The molecule has 6 heteroatoms.